The van der Waals surface area contributed by atoms with E-state index in [0.29, 0.717) is 5.11 Å². The van der Waals surface area contributed by atoms with Gasteiger partial charge in [0, 0.05) is 35.0 Å². The number of anilines is 1. The number of rotatable bonds is 6. The van der Waals surface area contributed by atoms with Crippen LogP contribution in [0.5, 0.6) is 23.0 Å². The largest absolute Gasteiger partial charge is 0.457 e. The summed E-state index contributed by atoms with van der Waals surface area (Å²) >= 11 is 5.98. The molecule has 2 aliphatic heterocycles. The second-order valence-corrected chi connectivity index (χ2v) is 10.9. The molecule has 1 fully saturated rings. The second kappa shape index (κ2) is 10.5. The maximum Gasteiger partial charge on any atom is 0.231 e. The number of thiocarbonyl (C=S) groups is 1. The molecule has 1 saturated heterocycles. The standard InChI is InChI=1S/C34H30N4O3S/c1-21-8-4-5-10-29(21)41-26-14-11-24(12-15-26)38-33(32(36-34(38)42)28-9-6-7-17-35-28)27-18-22(2)37(23(27)3)25-13-16-30-31(19-25)40-20-39-30/h4-19,32-33H,20H2,1-3H3,(H,36,42)/t32-,33+/m0/s1. The van der Waals surface area contributed by atoms with Gasteiger partial charge in [0.05, 0.1) is 17.8 Å². The van der Waals surface area contributed by atoms with Crippen LogP contribution in [0.15, 0.2) is 97.2 Å². The average Bonchev–Trinajstić information content (AvgIpc) is 3.69. The maximum absolute atomic E-state index is 6.17. The number of hydrogen-bond acceptors (Lipinski definition) is 5. The van der Waals surface area contributed by atoms with Gasteiger partial charge in [-0.1, -0.05) is 24.3 Å². The molecule has 0 aliphatic carbocycles. The number of pyridine rings is 1. The smallest absolute Gasteiger partial charge is 0.231 e. The first-order chi connectivity index (χ1) is 20.5. The Balaban J connectivity index is 1.29. The molecule has 0 unspecified atom stereocenters. The zero-order valence-electron chi connectivity index (χ0n) is 23.6. The van der Waals surface area contributed by atoms with Crippen molar-refractivity contribution in [1.29, 1.82) is 0 Å². The predicted octanol–water partition coefficient (Wildman–Crippen LogP) is 7.50. The number of benzene rings is 3. The highest BCUT2D eigenvalue weighted by Crippen LogP contribution is 2.44. The van der Waals surface area contributed by atoms with E-state index in [2.05, 4.69) is 52.9 Å². The topological polar surface area (TPSA) is 60.8 Å². The van der Waals surface area contributed by atoms with Crippen molar-refractivity contribution in [3.8, 4) is 28.7 Å². The fourth-order valence-electron chi connectivity index (χ4n) is 5.93. The summed E-state index contributed by atoms with van der Waals surface area (Å²) in [5.74, 6) is 3.13. The van der Waals surface area contributed by atoms with Crippen LogP contribution in [0.25, 0.3) is 5.69 Å². The Hall–Kier alpha value is -4.82. The monoisotopic (exact) mass is 574 g/mol. The molecular weight excluding hydrogens is 544 g/mol. The third-order valence-electron chi connectivity index (χ3n) is 7.94. The van der Waals surface area contributed by atoms with Crippen molar-refractivity contribution in [2.45, 2.75) is 32.9 Å². The molecule has 1 N–H and O–H groups in total. The van der Waals surface area contributed by atoms with Crippen molar-refractivity contribution in [3.05, 3.63) is 125 Å². The first kappa shape index (κ1) is 26.1. The van der Waals surface area contributed by atoms with E-state index in [0.717, 1.165) is 62.6 Å². The highest BCUT2D eigenvalue weighted by Gasteiger charge is 2.42. The minimum absolute atomic E-state index is 0.135. The number of aryl methyl sites for hydroxylation is 2. The second-order valence-electron chi connectivity index (χ2n) is 10.6. The van der Waals surface area contributed by atoms with Gasteiger partial charge < -0.3 is 29.0 Å². The molecule has 2 aromatic heterocycles. The summed E-state index contributed by atoms with van der Waals surface area (Å²) in [6.45, 7) is 6.56. The third-order valence-corrected chi connectivity index (χ3v) is 8.25. The normalized spacial score (nSPS) is 17.4. The molecule has 0 saturated carbocycles. The fraction of sp³-hybridized carbons (Fsp3) is 0.176. The highest BCUT2D eigenvalue weighted by atomic mass is 32.1. The van der Waals surface area contributed by atoms with Crippen LogP contribution in [0.1, 0.15) is 40.3 Å². The van der Waals surface area contributed by atoms with Gasteiger partial charge in [0.2, 0.25) is 6.79 Å². The average molecular weight is 575 g/mol. The van der Waals surface area contributed by atoms with Crippen molar-refractivity contribution in [2.24, 2.45) is 0 Å². The lowest BCUT2D eigenvalue weighted by Gasteiger charge is -2.28. The quantitative estimate of drug-likeness (QED) is 0.211. The van der Waals surface area contributed by atoms with Crippen molar-refractivity contribution in [1.82, 2.24) is 14.9 Å². The maximum atomic E-state index is 6.17. The van der Waals surface area contributed by atoms with Gasteiger partial charge in [-0.05, 0) is 105 Å². The lowest BCUT2D eigenvalue weighted by atomic mass is 9.96. The minimum Gasteiger partial charge on any atom is -0.457 e. The lowest BCUT2D eigenvalue weighted by Crippen LogP contribution is -2.29. The van der Waals surface area contributed by atoms with Crippen LogP contribution in [0, 0.1) is 20.8 Å². The molecule has 3 aromatic carbocycles. The van der Waals surface area contributed by atoms with Crippen LogP contribution < -0.4 is 24.4 Å². The Morgan fingerprint density at radius 3 is 2.40 bits per heavy atom. The van der Waals surface area contributed by atoms with E-state index in [4.69, 9.17) is 31.4 Å². The molecule has 210 valence electrons. The van der Waals surface area contributed by atoms with Gasteiger partial charge in [-0.2, -0.15) is 0 Å². The summed E-state index contributed by atoms with van der Waals surface area (Å²) in [4.78, 5) is 6.91. The van der Waals surface area contributed by atoms with Crippen molar-refractivity contribution < 1.29 is 14.2 Å². The van der Waals surface area contributed by atoms with Gasteiger partial charge in [-0.15, -0.1) is 0 Å². The van der Waals surface area contributed by atoms with E-state index >= 15 is 0 Å². The van der Waals surface area contributed by atoms with Gasteiger partial charge in [0.15, 0.2) is 16.6 Å². The summed E-state index contributed by atoms with van der Waals surface area (Å²) in [7, 11) is 0. The number of aromatic nitrogens is 2. The van der Waals surface area contributed by atoms with E-state index in [-0.39, 0.29) is 18.9 Å². The Labute approximate surface area is 250 Å². The van der Waals surface area contributed by atoms with Crippen LogP contribution >= 0.6 is 12.2 Å². The molecule has 5 aromatic rings. The molecule has 4 heterocycles. The molecular formula is C34H30N4O3S. The summed E-state index contributed by atoms with van der Waals surface area (Å²) in [6.07, 6.45) is 1.83. The van der Waals surface area contributed by atoms with Gasteiger partial charge in [0.25, 0.3) is 0 Å². The van der Waals surface area contributed by atoms with Crippen LogP contribution in [-0.4, -0.2) is 21.5 Å². The molecule has 0 amide bonds. The Kier molecular flexibility index (Phi) is 6.55. The summed E-state index contributed by atoms with van der Waals surface area (Å²) in [5, 5.41) is 4.23. The molecule has 0 bridgehead atoms. The molecule has 2 atom stereocenters. The molecule has 0 spiro atoms. The third kappa shape index (κ3) is 4.54. The number of nitrogens with zero attached hydrogens (tertiary/aromatic N) is 3. The van der Waals surface area contributed by atoms with Crippen LogP contribution in [0.2, 0.25) is 0 Å². The zero-order valence-corrected chi connectivity index (χ0v) is 24.4. The number of para-hydroxylation sites is 1. The van der Waals surface area contributed by atoms with E-state index in [1.165, 1.54) is 0 Å². The molecule has 2 aliphatic rings. The number of hydrogen-bond donors (Lipinski definition) is 1. The summed E-state index contributed by atoms with van der Waals surface area (Å²) < 4.78 is 19.7. The summed E-state index contributed by atoms with van der Waals surface area (Å²) in [6, 6.07) is 30.1. The Bertz CT molecular complexity index is 1790. The fourth-order valence-corrected chi connectivity index (χ4v) is 6.28. The van der Waals surface area contributed by atoms with E-state index in [1.54, 1.807) is 0 Å². The molecule has 7 nitrogen and oxygen atoms in total. The first-order valence-corrected chi connectivity index (χ1v) is 14.3. The highest BCUT2D eigenvalue weighted by molar-refractivity contribution is 7.80. The minimum atomic E-state index is -0.146. The first-order valence-electron chi connectivity index (χ1n) is 13.9. The van der Waals surface area contributed by atoms with Gasteiger partial charge in [0.1, 0.15) is 11.5 Å². The number of nitrogens with one attached hydrogen (secondary N) is 1. The molecule has 0 radical (unpaired) electrons. The number of ether oxygens (including phenoxy) is 3. The lowest BCUT2D eigenvalue weighted by molar-refractivity contribution is 0.174. The van der Waals surface area contributed by atoms with E-state index in [1.807, 2.05) is 79.9 Å². The van der Waals surface area contributed by atoms with Crippen LogP contribution in [-0.2, 0) is 0 Å². The number of fused-ring (bicyclic) bond motifs is 1. The summed E-state index contributed by atoms with van der Waals surface area (Å²) in [5.41, 5.74) is 7.40. The van der Waals surface area contributed by atoms with Gasteiger partial charge in [-0.25, -0.2) is 0 Å². The molecule has 8 heteroatoms. The predicted molar refractivity (Wildman–Crippen MR) is 167 cm³/mol. The van der Waals surface area contributed by atoms with Crippen LogP contribution in [0.3, 0.4) is 0 Å². The zero-order chi connectivity index (χ0) is 28.8. The van der Waals surface area contributed by atoms with Crippen molar-refractivity contribution >= 4 is 23.0 Å². The molecule has 7 rings (SSSR count). The Morgan fingerprint density at radius 2 is 1.62 bits per heavy atom. The van der Waals surface area contributed by atoms with Crippen molar-refractivity contribution in [3.63, 3.8) is 0 Å². The van der Waals surface area contributed by atoms with Gasteiger partial charge >= 0.3 is 0 Å². The van der Waals surface area contributed by atoms with Crippen molar-refractivity contribution in [2.75, 3.05) is 11.7 Å². The van der Waals surface area contributed by atoms with E-state index in [9.17, 15) is 0 Å². The molecule has 42 heavy (non-hydrogen) atoms. The van der Waals surface area contributed by atoms with E-state index < -0.39 is 0 Å². The Morgan fingerprint density at radius 1 is 0.857 bits per heavy atom. The SMILES string of the molecule is Cc1ccccc1Oc1ccc(N2C(=S)N[C@@H](c3ccccn3)[C@H]2c2cc(C)n(-c3ccc4c(c3)OCO4)c2C)cc1. The van der Waals surface area contributed by atoms with Gasteiger partial charge in [-0.3, -0.25) is 4.98 Å². The van der Waals surface area contributed by atoms with Crippen LogP contribution in [0.4, 0.5) is 5.69 Å².